The van der Waals surface area contributed by atoms with Crippen molar-refractivity contribution < 1.29 is 57.6 Å². The Morgan fingerprint density at radius 1 is 1.19 bits per heavy atom. The van der Waals surface area contributed by atoms with E-state index in [0.717, 1.165) is 11.1 Å². The number of aliphatic hydroxyl groups is 1. The van der Waals surface area contributed by atoms with Crippen molar-refractivity contribution in [2.45, 2.75) is 128 Å². The smallest absolute Gasteiger partial charge is 0.409 e. The number of alkyl carbamates (subject to hydrolysis) is 1. The first-order chi connectivity index (χ1) is 28.9. The van der Waals surface area contributed by atoms with E-state index in [9.17, 15) is 33.9 Å². The van der Waals surface area contributed by atoms with Gasteiger partial charge in [-0.3, -0.25) is 19.7 Å². The van der Waals surface area contributed by atoms with Gasteiger partial charge in [0.25, 0.3) is 0 Å². The van der Waals surface area contributed by atoms with Gasteiger partial charge in [-0.25, -0.2) is 9.59 Å². The largest absolute Gasteiger partial charge is 0.495 e. The lowest BCUT2D eigenvalue weighted by molar-refractivity contribution is -0.162. The summed E-state index contributed by atoms with van der Waals surface area (Å²) in [6.45, 7) is 12.9. The number of fused-ring (bicyclic) bond motifs is 5. The Kier molecular flexibility index (Phi) is 17.2. The average molecular weight is 926 g/mol. The molecular weight excluding hydrogens is 860 g/mol. The summed E-state index contributed by atoms with van der Waals surface area (Å²) >= 11 is 8.09. The lowest BCUT2D eigenvalue weighted by Gasteiger charge is -2.45. The topological polar surface area (TPSA) is 206 Å². The minimum atomic E-state index is -2.17. The molecule has 4 bridgehead atoms. The molecule has 1 aromatic rings. The fraction of sp³-hybridized carbons (Fsp3) is 0.651. The van der Waals surface area contributed by atoms with Gasteiger partial charge in [-0.2, -0.15) is 11.8 Å². The van der Waals surface area contributed by atoms with Gasteiger partial charge < -0.3 is 48.7 Å². The zero-order chi connectivity index (χ0) is 46.4. The Morgan fingerprint density at radius 2 is 1.89 bits per heavy atom. The van der Waals surface area contributed by atoms with E-state index >= 15 is 0 Å². The van der Waals surface area contributed by atoms with Crippen molar-refractivity contribution in [3.63, 3.8) is 0 Å². The van der Waals surface area contributed by atoms with E-state index in [-0.39, 0.29) is 41.9 Å². The summed E-state index contributed by atoms with van der Waals surface area (Å²) in [5.74, 6) is -0.909. The molecule has 4 amide bonds. The van der Waals surface area contributed by atoms with E-state index in [1.165, 1.54) is 49.8 Å². The van der Waals surface area contributed by atoms with Crippen LogP contribution >= 0.6 is 23.4 Å². The maximum Gasteiger partial charge on any atom is 0.409 e. The number of rotatable bonds is 14. The molecular formula is C43H65ClN4O12SSi. The number of allylic oxidation sites excluding steroid dienone is 3. The molecule has 2 saturated heterocycles. The molecule has 3 heterocycles. The SMILES string of the molecule is COc1cc2cc(c1Cl)N(C)C(=O)C[C@H](OC(=O)[C@H](C)N(C)C(=O)CCSCC(=O)NCCC[Si](C)(C)O)[C@@]1(C)O[C@H]1C(C)(C)[C@@H]1C[C@@](O)(NC(=O)O1)[C@H](OC)/C=C/C=C(\C)C2. The average Bonchev–Trinajstić information content (AvgIpc) is 3.91. The molecule has 19 heteroatoms. The number of esters is 1. The van der Waals surface area contributed by atoms with Crippen LogP contribution in [0.2, 0.25) is 24.2 Å². The Labute approximate surface area is 375 Å². The summed E-state index contributed by atoms with van der Waals surface area (Å²) in [6.07, 6.45) is 1.24. The molecule has 0 unspecified atom stereocenters. The minimum absolute atomic E-state index is 0.0554. The number of halogens is 1. The number of benzene rings is 1. The van der Waals surface area contributed by atoms with Crippen LogP contribution in [0.15, 0.2) is 35.9 Å². The molecule has 62 heavy (non-hydrogen) atoms. The highest BCUT2D eigenvalue weighted by Gasteiger charge is 2.68. The summed E-state index contributed by atoms with van der Waals surface area (Å²) in [7, 11) is 3.77. The summed E-state index contributed by atoms with van der Waals surface area (Å²) in [6, 6.07) is 3.18. The van der Waals surface area contributed by atoms with Gasteiger partial charge in [0.05, 0.1) is 31.1 Å². The number of nitrogens with zero attached hydrogens (tertiary/aromatic N) is 2. The molecule has 1 aromatic carbocycles. The summed E-state index contributed by atoms with van der Waals surface area (Å²) < 4.78 is 29.6. The van der Waals surface area contributed by atoms with Crippen molar-refractivity contribution in [2.75, 3.05) is 51.3 Å². The number of carbonyl (C=O) groups is 5. The van der Waals surface area contributed by atoms with E-state index < -0.39 is 73.5 Å². The highest BCUT2D eigenvalue weighted by Crippen LogP contribution is 2.54. The fourth-order valence-corrected chi connectivity index (χ4v) is 9.91. The monoisotopic (exact) mass is 924 g/mol. The number of nitrogens with one attached hydrogen (secondary N) is 2. The number of epoxide rings is 1. The van der Waals surface area contributed by atoms with Gasteiger partial charge in [-0.15, -0.1) is 0 Å². The van der Waals surface area contributed by atoms with Crippen LogP contribution < -0.4 is 20.3 Å². The Hall–Kier alpha value is -3.65. The lowest BCUT2D eigenvalue weighted by atomic mass is 9.73. The number of hydrogen-bond donors (Lipinski definition) is 4. The van der Waals surface area contributed by atoms with Crippen molar-refractivity contribution in [2.24, 2.45) is 5.41 Å². The Morgan fingerprint density at radius 3 is 2.53 bits per heavy atom. The molecule has 3 aliphatic rings. The third-order valence-electron chi connectivity index (χ3n) is 11.9. The molecule has 3 aliphatic heterocycles. The van der Waals surface area contributed by atoms with Gasteiger partial charge in [-0.1, -0.05) is 49.2 Å². The van der Waals surface area contributed by atoms with E-state index in [4.69, 9.17) is 35.3 Å². The summed E-state index contributed by atoms with van der Waals surface area (Å²) in [5, 5.41) is 17.5. The van der Waals surface area contributed by atoms with Gasteiger partial charge in [0.2, 0.25) is 17.7 Å². The van der Waals surface area contributed by atoms with Gasteiger partial charge in [0, 0.05) is 51.8 Å². The predicted molar refractivity (Wildman–Crippen MR) is 240 cm³/mol. The maximum absolute atomic E-state index is 14.3. The van der Waals surface area contributed by atoms with Crippen LogP contribution in [0.5, 0.6) is 5.75 Å². The maximum atomic E-state index is 14.3. The molecule has 0 spiro atoms. The lowest BCUT2D eigenvalue weighted by Crippen LogP contribution is -2.65. The number of likely N-dealkylation sites (N-methyl/N-ethyl adjacent to an activating group) is 1. The third-order valence-corrected chi connectivity index (χ3v) is 14.8. The fourth-order valence-electron chi connectivity index (χ4n) is 7.81. The van der Waals surface area contributed by atoms with Crippen LogP contribution in [-0.2, 0) is 44.5 Å². The number of hydrogen-bond acceptors (Lipinski definition) is 13. The zero-order valence-corrected chi connectivity index (χ0v) is 40.4. The number of anilines is 1. The van der Waals surface area contributed by atoms with Crippen molar-refractivity contribution in [3.8, 4) is 5.75 Å². The van der Waals surface area contributed by atoms with Crippen LogP contribution in [0.4, 0.5) is 10.5 Å². The normalized spacial score (nSPS) is 28.2. The van der Waals surface area contributed by atoms with Crippen LogP contribution in [0, 0.1) is 5.41 Å². The van der Waals surface area contributed by atoms with E-state index in [2.05, 4.69) is 10.6 Å². The summed E-state index contributed by atoms with van der Waals surface area (Å²) in [4.78, 5) is 79.5. The minimum Gasteiger partial charge on any atom is -0.495 e. The van der Waals surface area contributed by atoms with E-state index in [0.29, 0.717) is 42.6 Å². The highest BCUT2D eigenvalue weighted by atomic mass is 35.5. The molecule has 0 aliphatic carbocycles. The quantitative estimate of drug-likeness (QED) is 0.0864. The summed E-state index contributed by atoms with van der Waals surface area (Å²) in [5.41, 5.74) is -2.13. The number of ether oxygens (including phenoxy) is 5. The first kappa shape index (κ1) is 51.0. The van der Waals surface area contributed by atoms with Gasteiger partial charge in [0.1, 0.15) is 40.7 Å². The zero-order valence-electron chi connectivity index (χ0n) is 37.8. The number of thioether (sulfide) groups is 1. The van der Waals surface area contributed by atoms with Crippen LogP contribution in [0.1, 0.15) is 65.9 Å². The molecule has 0 radical (unpaired) electrons. The van der Waals surface area contributed by atoms with Crippen LogP contribution in [0.3, 0.4) is 0 Å². The third kappa shape index (κ3) is 12.8. The number of methoxy groups -OCH3 is 2. The molecule has 4 N–H and O–H groups in total. The van der Waals surface area contributed by atoms with Crippen molar-refractivity contribution in [1.82, 2.24) is 15.5 Å². The van der Waals surface area contributed by atoms with Gasteiger partial charge in [0.15, 0.2) is 14.0 Å². The van der Waals surface area contributed by atoms with Crippen molar-refractivity contribution in [3.05, 3.63) is 46.5 Å². The highest BCUT2D eigenvalue weighted by molar-refractivity contribution is 7.99. The second-order valence-electron chi connectivity index (χ2n) is 17.8. The standard InChI is InChI=1S/C43H65ClN4O12SSi/c1-26-14-12-15-31(57-9)43(54)24-33(59-40(53)46-43)41(3,4)39-42(5,60-39)32(23-36(51)48(7)29-21-28(20-26)22-30(56-8)37(29)44)58-38(52)27(2)47(6)35(50)16-18-61-25-34(49)45-17-13-19-62(10,11)55/h12,14-15,21-22,27,31-33,39,54-55H,13,16-20,23-25H2,1-11H3,(H,45,49)(H,46,53)/b15-12+,26-14+/t27-,31+,32-,33-,39-,42+,43-/m0/s1. The second-order valence-corrected chi connectivity index (χ2v) is 23.5. The van der Waals surface area contributed by atoms with E-state index in [1.54, 1.807) is 52.1 Å². The first-order valence-electron chi connectivity index (χ1n) is 20.8. The van der Waals surface area contributed by atoms with Crippen LogP contribution in [0.25, 0.3) is 0 Å². The van der Waals surface area contributed by atoms with Gasteiger partial charge >= 0.3 is 12.1 Å². The first-order valence-corrected chi connectivity index (χ1v) is 25.5. The molecule has 346 valence electrons. The molecule has 7 atom stereocenters. The van der Waals surface area contributed by atoms with Crippen LogP contribution in [-0.4, -0.2) is 141 Å². The van der Waals surface area contributed by atoms with Gasteiger partial charge in [-0.05, 0) is 70.4 Å². The molecule has 4 rings (SSSR count). The Balaban J connectivity index is 1.59. The number of carbonyl (C=O) groups excluding carboxylic acids is 5. The molecule has 2 fully saturated rings. The van der Waals surface area contributed by atoms with Crippen molar-refractivity contribution in [1.29, 1.82) is 0 Å². The van der Waals surface area contributed by atoms with Crippen molar-refractivity contribution >= 4 is 67.2 Å². The number of amides is 4. The van der Waals surface area contributed by atoms with E-state index in [1.807, 2.05) is 26.1 Å². The molecule has 16 nitrogen and oxygen atoms in total. The molecule has 0 saturated carbocycles. The second kappa shape index (κ2) is 20.9. The Bertz CT molecular complexity index is 1890. The molecule has 0 aromatic heterocycles. The predicted octanol–water partition coefficient (Wildman–Crippen LogP) is 4.73.